The van der Waals surface area contributed by atoms with E-state index in [0.717, 1.165) is 16.2 Å². The molecule has 3 rings (SSSR count). The van der Waals surface area contributed by atoms with Crippen molar-refractivity contribution >= 4 is 23.6 Å². The van der Waals surface area contributed by atoms with Crippen molar-refractivity contribution in [2.75, 3.05) is 12.4 Å². The molecule has 1 aliphatic rings. The Morgan fingerprint density at radius 3 is 2.88 bits per heavy atom. The van der Waals surface area contributed by atoms with E-state index in [1.807, 2.05) is 0 Å². The van der Waals surface area contributed by atoms with Gasteiger partial charge in [-0.15, -0.1) is 11.8 Å². The molecule has 2 aromatic carbocycles. The normalized spacial score (nSPS) is 16.0. The smallest absolute Gasteiger partial charge is 0.255 e. The van der Waals surface area contributed by atoms with E-state index < -0.39 is 5.91 Å². The predicted octanol–water partition coefficient (Wildman–Crippen LogP) is 2.66. The van der Waals surface area contributed by atoms with Gasteiger partial charge in [0.25, 0.3) is 11.8 Å². The van der Waals surface area contributed by atoms with Crippen LogP contribution in [0.5, 0.6) is 5.75 Å². The molecule has 2 amide bonds. The summed E-state index contributed by atoms with van der Waals surface area (Å²) in [6, 6.07) is 11.0. The third-order valence-corrected chi connectivity index (χ3v) is 4.94. The van der Waals surface area contributed by atoms with E-state index in [0.29, 0.717) is 12.0 Å². The Morgan fingerprint density at radius 1 is 1.28 bits per heavy atom. The van der Waals surface area contributed by atoms with Gasteiger partial charge in [0, 0.05) is 10.6 Å². The van der Waals surface area contributed by atoms with Crippen molar-refractivity contribution < 1.29 is 18.7 Å². The number of primary amides is 1. The van der Waals surface area contributed by atoms with Gasteiger partial charge in [-0.1, -0.05) is 12.1 Å². The van der Waals surface area contributed by atoms with Crippen LogP contribution >= 0.6 is 11.8 Å². The topological polar surface area (TPSA) is 81.4 Å². The summed E-state index contributed by atoms with van der Waals surface area (Å²) in [4.78, 5) is 24.5. The van der Waals surface area contributed by atoms with Crippen molar-refractivity contribution in [2.45, 2.75) is 17.4 Å². The highest BCUT2D eigenvalue weighted by Gasteiger charge is 2.24. The molecule has 0 radical (unpaired) electrons. The van der Waals surface area contributed by atoms with Crippen LogP contribution in [-0.4, -0.2) is 24.2 Å². The molecular weight excluding hydrogens is 343 g/mol. The number of fused-ring (bicyclic) bond motifs is 1. The van der Waals surface area contributed by atoms with Gasteiger partial charge in [0.15, 0.2) is 6.61 Å². The summed E-state index contributed by atoms with van der Waals surface area (Å²) in [6.45, 7) is -0.307. The molecule has 5 nitrogen and oxygen atoms in total. The number of para-hydroxylation sites is 1. The molecule has 1 heterocycles. The zero-order chi connectivity index (χ0) is 17.8. The number of rotatable bonds is 5. The maximum absolute atomic E-state index is 13.6. The summed E-state index contributed by atoms with van der Waals surface area (Å²) in [7, 11) is 0. The number of benzene rings is 2. The lowest BCUT2D eigenvalue weighted by molar-refractivity contribution is -0.119. The number of nitrogens with two attached hydrogens (primary N) is 1. The lowest BCUT2D eigenvalue weighted by atomic mass is 10.0. The van der Waals surface area contributed by atoms with Crippen LogP contribution in [0.1, 0.15) is 28.4 Å². The summed E-state index contributed by atoms with van der Waals surface area (Å²) in [5, 5.41) is 2.93. The number of carbonyl (C=O) groups excluding carboxylic acids is 2. The Kier molecular flexibility index (Phi) is 5.23. The van der Waals surface area contributed by atoms with Gasteiger partial charge in [-0.05, 0) is 42.3 Å². The van der Waals surface area contributed by atoms with E-state index in [1.165, 1.54) is 12.1 Å². The van der Waals surface area contributed by atoms with Crippen molar-refractivity contribution in [3.05, 3.63) is 59.4 Å². The van der Waals surface area contributed by atoms with Crippen molar-refractivity contribution in [1.82, 2.24) is 5.32 Å². The number of carbonyl (C=O) groups is 2. The first-order chi connectivity index (χ1) is 12.0. The van der Waals surface area contributed by atoms with Crippen molar-refractivity contribution in [2.24, 2.45) is 5.73 Å². The fourth-order valence-electron chi connectivity index (χ4n) is 2.68. The molecule has 0 saturated carbocycles. The molecule has 1 unspecified atom stereocenters. The number of hydrogen-bond acceptors (Lipinski definition) is 4. The Labute approximate surface area is 148 Å². The molecule has 0 spiro atoms. The molecule has 25 heavy (non-hydrogen) atoms. The fourth-order valence-corrected chi connectivity index (χ4v) is 3.79. The number of amides is 2. The maximum atomic E-state index is 13.6. The van der Waals surface area contributed by atoms with Gasteiger partial charge in [-0.2, -0.15) is 0 Å². The highest BCUT2D eigenvalue weighted by Crippen LogP contribution is 2.36. The molecule has 0 fully saturated rings. The van der Waals surface area contributed by atoms with Crippen LogP contribution in [0.4, 0.5) is 4.39 Å². The van der Waals surface area contributed by atoms with Crippen LogP contribution in [0.3, 0.4) is 0 Å². The van der Waals surface area contributed by atoms with Gasteiger partial charge in [0.1, 0.15) is 11.6 Å². The Morgan fingerprint density at radius 2 is 2.08 bits per heavy atom. The highest BCUT2D eigenvalue weighted by molar-refractivity contribution is 7.99. The van der Waals surface area contributed by atoms with Gasteiger partial charge >= 0.3 is 0 Å². The Hall–Kier alpha value is -2.54. The summed E-state index contributed by atoms with van der Waals surface area (Å²) in [6.07, 6.45) is 0.706. The molecule has 130 valence electrons. The highest BCUT2D eigenvalue weighted by atomic mass is 32.2. The number of halogens is 1. The standard InChI is InChI=1S/C18H17FN2O3S/c19-11-5-6-16-13(9-11)14(7-8-25-16)21-18(23)12-3-1-2-4-15(12)24-10-17(20)22/h1-6,9,14H,7-8,10H2,(H2,20,22)(H,21,23). The van der Waals surface area contributed by atoms with E-state index in [2.05, 4.69) is 5.32 Å². The molecular formula is C18H17FN2O3S. The van der Waals surface area contributed by atoms with Gasteiger partial charge in [-0.3, -0.25) is 9.59 Å². The van der Waals surface area contributed by atoms with Gasteiger partial charge < -0.3 is 15.8 Å². The van der Waals surface area contributed by atoms with E-state index >= 15 is 0 Å². The molecule has 1 atom stereocenters. The second-order valence-corrected chi connectivity index (χ2v) is 6.73. The second-order valence-electron chi connectivity index (χ2n) is 5.60. The van der Waals surface area contributed by atoms with Crippen LogP contribution in [0, 0.1) is 5.82 Å². The Bertz CT molecular complexity index is 813. The molecule has 2 aromatic rings. The quantitative estimate of drug-likeness (QED) is 0.859. The summed E-state index contributed by atoms with van der Waals surface area (Å²) in [5.74, 6) is -0.172. The summed E-state index contributed by atoms with van der Waals surface area (Å²) >= 11 is 1.64. The average Bonchev–Trinajstić information content (AvgIpc) is 2.60. The number of ether oxygens (including phenoxy) is 1. The van der Waals surface area contributed by atoms with Crippen LogP contribution < -0.4 is 15.8 Å². The van der Waals surface area contributed by atoms with Crippen molar-refractivity contribution in [3.8, 4) is 5.75 Å². The molecule has 0 bridgehead atoms. The number of thioether (sulfide) groups is 1. The number of nitrogens with one attached hydrogen (secondary N) is 1. The second kappa shape index (κ2) is 7.57. The van der Waals surface area contributed by atoms with Gasteiger partial charge in [0.05, 0.1) is 11.6 Å². The first kappa shape index (κ1) is 17.3. The van der Waals surface area contributed by atoms with E-state index in [-0.39, 0.29) is 30.1 Å². The molecule has 3 N–H and O–H groups in total. The third kappa shape index (κ3) is 4.11. The lowest BCUT2D eigenvalue weighted by Crippen LogP contribution is -2.31. The zero-order valence-electron chi connectivity index (χ0n) is 13.3. The number of hydrogen-bond donors (Lipinski definition) is 2. The SMILES string of the molecule is NC(=O)COc1ccccc1C(=O)NC1CCSc2ccc(F)cc21. The van der Waals surface area contributed by atoms with Crippen LogP contribution in [-0.2, 0) is 4.79 Å². The van der Waals surface area contributed by atoms with Gasteiger partial charge in [-0.25, -0.2) is 4.39 Å². The van der Waals surface area contributed by atoms with E-state index in [9.17, 15) is 14.0 Å². The Balaban J connectivity index is 1.80. The fraction of sp³-hybridized carbons (Fsp3) is 0.222. The molecule has 0 aromatic heterocycles. The van der Waals surface area contributed by atoms with Crippen LogP contribution in [0.25, 0.3) is 0 Å². The average molecular weight is 360 g/mol. The van der Waals surface area contributed by atoms with E-state index in [1.54, 1.807) is 42.1 Å². The van der Waals surface area contributed by atoms with Crippen LogP contribution in [0.2, 0.25) is 0 Å². The molecule has 0 saturated heterocycles. The minimum Gasteiger partial charge on any atom is -0.483 e. The lowest BCUT2D eigenvalue weighted by Gasteiger charge is -2.26. The third-order valence-electron chi connectivity index (χ3n) is 3.82. The molecule has 1 aliphatic heterocycles. The summed E-state index contributed by atoms with van der Waals surface area (Å²) < 4.78 is 18.9. The first-order valence-corrected chi connectivity index (χ1v) is 8.76. The zero-order valence-corrected chi connectivity index (χ0v) is 14.1. The first-order valence-electron chi connectivity index (χ1n) is 7.78. The summed E-state index contributed by atoms with van der Waals surface area (Å²) in [5.41, 5.74) is 6.16. The molecule has 7 heteroatoms. The van der Waals surface area contributed by atoms with Gasteiger partial charge in [0.2, 0.25) is 0 Å². The monoisotopic (exact) mass is 360 g/mol. The van der Waals surface area contributed by atoms with Crippen LogP contribution in [0.15, 0.2) is 47.4 Å². The van der Waals surface area contributed by atoms with Crippen molar-refractivity contribution in [3.63, 3.8) is 0 Å². The largest absolute Gasteiger partial charge is 0.483 e. The predicted molar refractivity (Wildman–Crippen MR) is 93.1 cm³/mol. The minimum atomic E-state index is -0.621. The maximum Gasteiger partial charge on any atom is 0.255 e. The molecule has 0 aliphatic carbocycles. The van der Waals surface area contributed by atoms with E-state index in [4.69, 9.17) is 10.5 Å². The minimum absolute atomic E-state index is 0.274. The van der Waals surface area contributed by atoms with Crippen molar-refractivity contribution in [1.29, 1.82) is 0 Å².